The van der Waals surface area contributed by atoms with Crippen LogP contribution in [0.4, 0.5) is 4.39 Å². The van der Waals surface area contributed by atoms with Gasteiger partial charge in [-0.25, -0.2) is 9.37 Å². The second-order valence-electron chi connectivity index (χ2n) is 5.14. The molecule has 17 heavy (non-hydrogen) atoms. The van der Waals surface area contributed by atoms with Gasteiger partial charge in [0.1, 0.15) is 11.6 Å². The van der Waals surface area contributed by atoms with Crippen LogP contribution >= 0.6 is 15.9 Å². The number of hydrogen-bond donors (Lipinski definition) is 1. The molecule has 0 unspecified atom stereocenters. The van der Waals surface area contributed by atoms with Gasteiger partial charge >= 0.3 is 0 Å². The Morgan fingerprint density at radius 1 is 1.35 bits per heavy atom. The first kappa shape index (κ1) is 11.2. The van der Waals surface area contributed by atoms with Crippen LogP contribution in [0.25, 0.3) is 11.0 Å². The third kappa shape index (κ3) is 1.79. The van der Waals surface area contributed by atoms with Gasteiger partial charge in [0.25, 0.3) is 0 Å². The Morgan fingerprint density at radius 2 is 2.06 bits per heavy atom. The molecule has 0 radical (unpaired) electrons. The lowest BCUT2D eigenvalue weighted by atomic mass is 9.88. The highest BCUT2D eigenvalue weighted by molar-refractivity contribution is 9.10. The lowest BCUT2D eigenvalue weighted by molar-refractivity contribution is 0.465. The minimum Gasteiger partial charge on any atom is -0.341 e. The molecule has 1 aliphatic rings. The number of aromatic nitrogens is 2. The minimum absolute atomic E-state index is 0.141. The molecule has 0 bridgehead atoms. The average molecular weight is 297 g/mol. The smallest absolute Gasteiger partial charge is 0.139 e. The largest absolute Gasteiger partial charge is 0.341 e. The molecule has 2 nitrogen and oxygen atoms in total. The zero-order valence-electron chi connectivity index (χ0n) is 9.69. The molecule has 1 fully saturated rings. The maximum Gasteiger partial charge on any atom is 0.139 e. The number of nitrogens with zero attached hydrogens (tertiary/aromatic N) is 1. The highest BCUT2D eigenvalue weighted by atomic mass is 79.9. The number of fused-ring (bicyclic) bond motifs is 1. The molecule has 1 aromatic carbocycles. The maximum absolute atomic E-state index is 13.4. The predicted octanol–water partition coefficient (Wildman–Crippen LogP) is 4.30. The van der Waals surface area contributed by atoms with Gasteiger partial charge in [0.05, 0.1) is 15.5 Å². The van der Waals surface area contributed by atoms with Crippen LogP contribution in [0.2, 0.25) is 0 Å². The van der Waals surface area contributed by atoms with E-state index >= 15 is 0 Å². The van der Waals surface area contributed by atoms with E-state index in [9.17, 15) is 4.39 Å². The summed E-state index contributed by atoms with van der Waals surface area (Å²) in [5, 5.41) is 0. The molecule has 4 heteroatoms. The number of halogens is 2. The van der Waals surface area contributed by atoms with Gasteiger partial charge in [-0.3, -0.25) is 0 Å². The molecule has 90 valence electrons. The molecule has 0 aliphatic heterocycles. The first-order valence-electron chi connectivity index (χ1n) is 5.94. The molecule has 1 aliphatic carbocycles. The summed E-state index contributed by atoms with van der Waals surface area (Å²) in [5.74, 6) is 0.756. The standard InChI is InChI=1S/C13H14BrFN2/c1-13(4-2-3-5-13)12-16-10-6-8(14)9(15)7-11(10)17-12/h6-7H,2-5H2,1H3,(H,16,17). The Hall–Kier alpha value is -0.900. The number of rotatable bonds is 1. The summed E-state index contributed by atoms with van der Waals surface area (Å²) in [5.41, 5.74) is 1.76. The van der Waals surface area contributed by atoms with Crippen molar-refractivity contribution >= 4 is 27.0 Å². The lowest BCUT2D eigenvalue weighted by Gasteiger charge is -2.19. The molecule has 1 aromatic heterocycles. The quantitative estimate of drug-likeness (QED) is 0.835. The second-order valence-corrected chi connectivity index (χ2v) is 5.99. The van der Waals surface area contributed by atoms with E-state index in [1.165, 1.54) is 18.9 Å². The Bertz CT molecular complexity index is 531. The van der Waals surface area contributed by atoms with Gasteiger partial charge in [-0.05, 0) is 34.8 Å². The van der Waals surface area contributed by atoms with Crippen LogP contribution in [0, 0.1) is 5.82 Å². The van der Waals surface area contributed by atoms with E-state index in [4.69, 9.17) is 0 Å². The lowest BCUT2D eigenvalue weighted by Crippen LogP contribution is -2.18. The summed E-state index contributed by atoms with van der Waals surface area (Å²) < 4.78 is 13.9. The Kier molecular flexibility index (Phi) is 2.51. The number of imidazole rings is 1. The van der Waals surface area contributed by atoms with Crippen LogP contribution in [0.15, 0.2) is 16.6 Å². The van der Waals surface area contributed by atoms with Crippen LogP contribution in [-0.4, -0.2) is 9.97 Å². The van der Waals surface area contributed by atoms with Crippen molar-refractivity contribution in [1.82, 2.24) is 9.97 Å². The highest BCUT2D eigenvalue weighted by Crippen LogP contribution is 2.39. The third-order valence-electron chi connectivity index (χ3n) is 3.80. The van der Waals surface area contributed by atoms with Crippen molar-refractivity contribution in [2.75, 3.05) is 0 Å². The van der Waals surface area contributed by atoms with Crippen molar-refractivity contribution < 1.29 is 4.39 Å². The monoisotopic (exact) mass is 296 g/mol. The molecule has 1 saturated carbocycles. The molecule has 2 aromatic rings. The normalized spacial score (nSPS) is 19.0. The van der Waals surface area contributed by atoms with Gasteiger partial charge < -0.3 is 4.98 Å². The third-order valence-corrected chi connectivity index (χ3v) is 4.41. The van der Waals surface area contributed by atoms with Crippen molar-refractivity contribution in [2.45, 2.75) is 38.0 Å². The number of H-pyrrole nitrogens is 1. The first-order chi connectivity index (χ1) is 8.08. The van der Waals surface area contributed by atoms with E-state index in [-0.39, 0.29) is 11.2 Å². The highest BCUT2D eigenvalue weighted by Gasteiger charge is 2.33. The number of nitrogens with one attached hydrogen (secondary N) is 1. The fourth-order valence-electron chi connectivity index (χ4n) is 2.68. The van der Waals surface area contributed by atoms with Gasteiger partial charge in [0.15, 0.2) is 0 Å². The van der Waals surface area contributed by atoms with Crippen LogP contribution in [0.3, 0.4) is 0 Å². The number of hydrogen-bond acceptors (Lipinski definition) is 1. The molecule has 0 saturated heterocycles. The summed E-state index contributed by atoms with van der Waals surface area (Å²) in [6.07, 6.45) is 4.84. The summed E-state index contributed by atoms with van der Waals surface area (Å²) >= 11 is 3.19. The van der Waals surface area contributed by atoms with E-state index in [1.54, 1.807) is 6.07 Å². The summed E-state index contributed by atoms with van der Waals surface area (Å²) in [6.45, 7) is 2.24. The molecule has 0 spiro atoms. The van der Waals surface area contributed by atoms with Gasteiger partial charge in [-0.15, -0.1) is 0 Å². The number of benzene rings is 1. The molecular weight excluding hydrogens is 283 g/mol. The van der Waals surface area contributed by atoms with Crippen molar-refractivity contribution in [3.05, 3.63) is 28.2 Å². The van der Waals surface area contributed by atoms with E-state index in [0.717, 1.165) is 29.7 Å². The van der Waals surface area contributed by atoms with E-state index in [1.807, 2.05) is 0 Å². The van der Waals surface area contributed by atoms with Crippen molar-refractivity contribution in [3.8, 4) is 0 Å². The molecule has 1 heterocycles. The van der Waals surface area contributed by atoms with Gasteiger partial charge in [0.2, 0.25) is 0 Å². The molecule has 1 N–H and O–H groups in total. The van der Waals surface area contributed by atoms with Gasteiger partial charge in [-0.1, -0.05) is 19.8 Å². The van der Waals surface area contributed by atoms with Crippen LogP contribution in [0.1, 0.15) is 38.4 Å². The van der Waals surface area contributed by atoms with Crippen molar-refractivity contribution in [1.29, 1.82) is 0 Å². The Morgan fingerprint density at radius 3 is 2.76 bits per heavy atom. The summed E-state index contributed by atoms with van der Waals surface area (Å²) in [4.78, 5) is 7.89. The van der Waals surface area contributed by atoms with E-state index < -0.39 is 0 Å². The van der Waals surface area contributed by atoms with Gasteiger partial charge in [0, 0.05) is 11.5 Å². The van der Waals surface area contributed by atoms with Crippen LogP contribution in [-0.2, 0) is 5.41 Å². The topological polar surface area (TPSA) is 28.7 Å². The molecule has 0 atom stereocenters. The van der Waals surface area contributed by atoms with Crippen molar-refractivity contribution in [3.63, 3.8) is 0 Å². The van der Waals surface area contributed by atoms with E-state index in [2.05, 4.69) is 32.8 Å². The van der Waals surface area contributed by atoms with E-state index in [0.29, 0.717) is 4.47 Å². The SMILES string of the molecule is CC1(c2nc3cc(Br)c(F)cc3[nH]2)CCCC1. The number of aromatic amines is 1. The Balaban J connectivity index is 2.13. The second kappa shape index (κ2) is 3.80. The Labute approximate surface area is 108 Å². The van der Waals surface area contributed by atoms with Crippen LogP contribution in [0.5, 0.6) is 0 Å². The minimum atomic E-state index is -0.246. The average Bonchev–Trinajstić information content (AvgIpc) is 2.87. The van der Waals surface area contributed by atoms with Crippen molar-refractivity contribution in [2.24, 2.45) is 0 Å². The summed E-state index contributed by atoms with van der Waals surface area (Å²) in [6, 6.07) is 3.25. The first-order valence-corrected chi connectivity index (χ1v) is 6.73. The fraction of sp³-hybridized carbons (Fsp3) is 0.462. The fourth-order valence-corrected chi connectivity index (χ4v) is 3.01. The molecule has 3 rings (SSSR count). The van der Waals surface area contributed by atoms with Crippen LogP contribution < -0.4 is 0 Å². The molecule has 0 amide bonds. The molecular formula is C13H14BrFN2. The predicted molar refractivity (Wildman–Crippen MR) is 69.6 cm³/mol. The maximum atomic E-state index is 13.4. The summed E-state index contributed by atoms with van der Waals surface area (Å²) in [7, 11) is 0. The zero-order valence-corrected chi connectivity index (χ0v) is 11.3. The zero-order chi connectivity index (χ0) is 12.0. The van der Waals surface area contributed by atoms with Gasteiger partial charge in [-0.2, -0.15) is 0 Å².